The topological polar surface area (TPSA) is 43.1 Å². The highest BCUT2D eigenvalue weighted by molar-refractivity contribution is 5.82. The van der Waals surface area contributed by atoms with E-state index in [9.17, 15) is 10.1 Å². The van der Waals surface area contributed by atoms with Crippen molar-refractivity contribution >= 4 is 11.8 Å². The van der Waals surface area contributed by atoms with Crippen molar-refractivity contribution in [2.24, 2.45) is 0 Å². The molecule has 0 unspecified atom stereocenters. The average molecular weight is 251 g/mol. The number of fused-ring (bicyclic) bond motifs is 1. The Morgan fingerprint density at radius 3 is 2.58 bits per heavy atom. The molecule has 0 fully saturated rings. The standard InChI is InChI=1S/C16H13NO2/c18-17(19)16-14-9-5-4-8-13(14)10-11-15(16)12-6-2-1-3-7-12/h1-3,5-7,9-11H,4,8H2. The van der Waals surface area contributed by atoms with E-state index in [0.717, 1.165) is 29.5 Å². The summed E-state index contributed by atoms with van der Waals surface area (Å²) in [5, 5.41) is 11.4. The SMILES string of the molecule is O=[N+]([O-])c1c(-c2ccccc2)ccc2c1C=CCC2. The number of hydrogen-bond acceptors (Lipinski definition) is 2. The van der Waals surface area contributed by atoms with Gasteiger partial charge >= 0.3 is 0 Å². The highest BCUT2D eigenvalue weighted by Crippen LogP contribution is 2.37. The van der Waals surface area contributed by atoms with Crippen molar-refractivity contribution in [3.05, 3.63) is 69.8 Å². The number of aryl methyl sites for hydroxylation is 1. The molecule has 0 radical (unpaired) electrons. The Balaban J connectivity index is 2.27. The Kier molecular flexibility index (Phi) is 2.88. The first kappa shape index (κ1) is 11.7. The average Bonchev–Trinajstić information content (AvgIpc) is 2.46. The molecule has 0 saturated carbocycles. The lowest BCUT2D eigenvalue weighted by Gasteiger charge is -2.13. The maximum atomic E-state index is 11.4. The monoisotopic (exact) mass is 251 g/mol. The van der Waals surface area contributed by atoms with Crippen LogP contribution in [0.4, 0.5) is 5.69 Å². The van der Waals surface area contributed by atoms with E-state index in [1.165, 1.54) is 0 Å². The summed E-state index contributed by atoms with van der Waals surface area (Å²) in [6.07, 6.45) is 5.71. The fraction of sp³-hybridized carbons (Fsp3) is 0.125. The number of nitro groups is 1. The maximum absolute atomic E-state index is 11.4. The number of benzene rings is 2. The third-order valence-corrected chi connectivity index (χ3v) is 3.44. The lowest BCUT2D eigenvalue weighted by atomic mass is 9.91. The summed E-state index contributed by atoms with van der Waals surface area (Å²) in [5.74, 6) is 0. The van der Waals surface area contributed by atoms with Crippen molar-refractivity contribution in [3.63, 3.8) is 0 Å². The van der Waals surface area contributed by atoms with Gasteiger partial charge < -0.3 is 0 Å². The third-order valence-electron chi connectivity index (χ3n) is 3.44. The highest BCUT2D eigenvalue weighted by Gasteiger charge is 2.23. The Morgan fingerprint density at radius 1 is 1.05 bits per heavy atom. The molecule has 0 aliphatic heterocycles. The maximum Gasteiger partial charge on any atom is 0.284 e. The van der Waals surface area contributed by atoms with E-state index >= 15 is 0 Å². The van der Waals surface area contributed by atoms with Crippen molar-refractivity contribution in [2.75, 3.05) is 0 Å². The molecule has 3 heteroatoms. The summed E-state index contributed by atoms with van der Waals surface area (Å²) >= 11 is 0. The highest BCUT2D eigenvalue weighted by atomic mass is 16.6. The zero-order chi connectivity index (χ0) is 13.2. The fourth-order valence-corrected chi connectivity index (χ4v) is 2.54. The molecule has 0 atom stereocenters. The summed E-state index contributed by atoms with van der Waals surface area (Å²) in [6.45, 7) is 0. The van der Waals surface area contributed by atoms with E-state index in [1.54, 1.807) is 0 Å². The van der Waals surface area contributed by atoms with Crippen LogP contribution in [0.5, 0.6) is 0 Å². The number of hydrogen-bond donors (Lipinski definition) is 0. The molecule has 94 valence electrons. The second-order valence-corrected chi connectivity index (χ2v) is 4.60. The number of allylic oxidation sites excluding steroid dienone is 1. The van der Waals surface area contributed by atoms with Gasteiger partial charge in [-0.05, 0) is 30.0 Å². The fourth-order valence-electron chi connectivity index (χ4n) is 2.54. The Labute approximate surface area is 111 Å². The molecule has 2 aromatic rings. The number of nitro benzene ring substituents is 1. The Hall–Kier alpha value is -2.42. The quantitative estimate of drug-likeness (QED) is 0.592. The van der Waals surface area contributed by atoms with Crippen molar-refractivity contribution < 1.29 is 4.92 Å². The van der Waals surface area contributed by atoms with Crippen LogP contribution in [0.2, 0.25) is 0 Å². The van der Waals surface area contributed by atoms with Crippen LogP contribution >= 0.6 is 0 Å². The molecule has 0 heterocycles. The van der Waals surface area contributed by atoms with Crippen molar-refractivity contribution in [2.45, 2.75) is 12.8 Å². The van der Waals surface area contributed by atoms with E-state index in [0.29, 0.717) is 5.56 Å². The molecule has 2 aromatic carbocycles. The first-order valence-corrected chi connectivity index (χ1v) is 6.29. The summed E-state index contributed by atoms with van der Waals surface area (Å²) in [7, 11) is 0. The van der Waals surface area contributed by atoms with Gasteiger partial charge in [0.25, 0.3) is 5.69 Å². The van der Waals surface area contributed by atoms with Crippen LogP contribution in [0.25, 0.3) is 17.2 Å². The number of nitrogens with zero attached hydrogens (tertiary/aromatic N) is 1. The van der Waals surface area contributed by atoms with Gasteiger partial charge in [0.1, 0.15) is 0 Å². The minimum Gasteiger partial charge on any atom is -0.258 e. The van der Waals surface area contributed by atoms with Crippen LogP contribution < -0.4 is 0 Å². The van der Waals surface area contributed by atoms with Crippen LogP contribution in [0.15, 0.2) is 48.5 Å². The predicted molar refractivity (Wildman–Crippen MR) is 75.9 cm³/mol. The van der Waals surface area contributed by atoms with Crippen LogP contribution in [0.3, 0.4) is 0 Å². The summed E-state index contributed by atoms with van der Waals surface area (Å²) in [5.41, 5.74) is 3.62. The molecule has 19 heavy (non-hydrogen) atoms. The Bertz CT molecular complexity index is 660. The van der Waals surface area contributed by atoms with Crippen LogP contribution in [-0.4, -0.2) is 4.92 Å². The molecule has 0 N–H and O–H groups in total. The predicted octanol–water partition coefficient (Wildman–Crippen LogP) is 4.22. The second kappa shape index (κ2) is 4.69. The van der Waals surface area contributed by atoms with Gasteiger partial charge in [-0.1, -0.05) is 48.6 Å². The molecule has 1 aliphatic carbocycles. The van der Waals surface area contributed by atoms with Gasteiger partial charge in [-0.3, -0.25) is 10.1 Å². The van der Waals surface area contributed by atoms with Crippen LogP contribution in [0.1, 0.15) is 17.5 Å². The summed E-state index contributed by atoms with van der Waals surface area (Å²) < 4.78 is 0. The van der Waals surface area contributed by atoms with Crippen molar-refractivity contribution in [3.8, 4) is 11.1 Å². The van der Waals surface area contributed by atoms with Gasteiger partial charge in [0.2, 0.25) is 0 Å². The lowest BCUT2D eigenvalue weighted by molar-refractivity contribution is -0.384. The second-order valence-electron chi connectivity index (χ2n) is 4.60. The molecule has 0 bridgehead atoms. The van der Waals surface area contributed by atoms with Gasteiger partial charge in [0.15, 0.2) is 0 Å². The molecule has 0 amide bonds. The minimum absolute atomic E-state index is 0.222. The molecular weight excluding hydrogens is 238 g/mol. The van der Waals surface area contributed by atoms with E-state index in [4.69, 9.17) is 0 Å². The molecule has 0 aromatic heterocycles. The van der Waals surface area contributed by atoms with Crippen LogP contribution in [0, 0.1) is 10.1 Å². The van der Waals surface area contributed by atoms with Crippen molar-refractivity contribution in [1.82, 2.24) is 0 Å². The first-order valence-electron chi connectivity index (χ1n) is 6.29. The molecular formula is C16H13NO2. The third kappa shape index (κ3) is 2.03. The van der Waals surface area contributed by atoms with Gasteiger partial charge in [-0.15, -0.1) is 0 Å². The number of rotatable bonds is 2. The zero-order valence-electron chi connectivity index (χ0n) is 10.4. The normalized spacial score (nSPS) is 13.1. The van der Waals surface area contributed by atoms with Gasteiger partial charge in [0.05, 0.1) is 16.1 Å². The smallest absolute Gasteiger partial charge is 0.258 e. The Morgan fingerprint density at radius 2 is 1.84 bits per heavy atom. The first-order chi connectivity index (χ1) is 9.27. The van der Waals surface area contributed by atoms with E-state index in [1.807, 2.05) is 54.6 Å². The summed E-state index contributed by atoms with van der Waals surface area (Å²) in [6, 6.07) is 13.4. The summed E-state index contributed by atoms with van der Waals surface area (Å²) in [4.78, 5) is 11.2. The molecule has 0 spiro atoms. The van der Waals surface area contributed by atoms with Gasteiger partial charge in [0, 0.05) is 0 Å². The van der Waals surface area contributed by atoms with E-state index in [-0.39, 0.29) is 10.6 Å². The molecule has 1 aliphatic rings. The van der Waals surface area contributed by atoms with Gasteiger partial charge in [-0.2, -0.15) is 0 Å². The molecule has 3 rings (SSSR count). The van der Waals surface area contributed by atoms with E-state index in [2.05, 4.69) is 0 Å². The van der Waals surface area contributed by atoms with Crippen LogP contribution in [-0.2, 0) is 6.42 Å². The van der Waals surface area contributed by atoms with Gasteiger partial charge in [-0.25, -0.2) is 0 Å². The molecule has 3 nitrogen and oxygen atoms in total. The lowest BCUT2D eigenvalue weighted by Crippen LogP contribution is -2.01. The largest absolute Gasteiger partial charge is 0.284 e. The minimum atomic E-state index is -0.267. The molecule has 0 saturated heterocycles. The van der Waals surface area contributed by atoms with Crippen molar-refractivity contribution in [1.29, 1.82) is 0 Å². The zero-order valence-corrected chi connectivity index (χ0v) is 10.4. The van der Waals surface area contributed by atoms with E-state index < -0.39 is 0 Å².